The van der Waals surface area contributed by atoms with Crippen LogP contribution in [0.5, 0.6) is 0 Å². The maximum atomic E-state index is 11.8. The molecule has 0 bridgehead atoms. The van der Waals surface area contributed by atoms with Crippen molar-refractivity contribution in [2.45, 2.75) is 44.6 Å². The Hall–Kier alpha value is -1.40. The van der Waals surface area contributed by atoms with Gasteiger partial charge in [0.25, 0.3) is 10.1 Å². The molecule has 112 valence electrons. The zero-order chi connectivity index (χ0) is 15.4. The second-order valence-corrected chi connectivity index (χ2v) is 7.04. The van der Waals surface area contributed by atoms with E-state index in [9.17, 15) is 13.2 Å². The molecule has 0 unspecified atom stereocenters. The maximum Gasteiger partial charge on any atom is 0.308 e. The van der Waals surface area contributed by atoms with Crippen LogP contribution in [-0.4, -0.2) is 26.6 Å². The van der Waals surface area contributed by atoms with Gasteiger partial charge in [-0.15, -0.1) is 0 Å². The van der Waals surface area contributed by atoms with Gasteiger partial charge >= 0.3 is 5.97 Å². The predicted octanol–water partition coefficient (Wildman–Crippen LogP) is 2.43. The summed E-state index contributed by atoms with van der Waals surface area (Å²) in [6.07, 6.45) is -0.109. The topological polar surface area (TPSA) is 69.7 Å². The summed E-state index contributed by atoms with van der Waals surface area (Å²) in [6, 6.07) is 6.31. The zero-order valence-electron chi connectivity index (χ0n) is 12.2. The highest BCUT2D eigenvalue weighted by Crippen LogP contribution is 2.14. The van der Waals surface area contributed by atoms with Crippen molar-refractivity contribution in [2.24, 2.45) is 0 Å². The molecule has 0 spiro atoms. The number of esters is 1. The molecule has 0 aliphatic carbocycles. The van der Waals surface area contributed by atoms with Crippen molar-refractivity contribution in [1.82, 2.24) is 0 Å². The first-order valence-electron chi connectivity index (χ1n) is 6.28. The molecule has 0 saturated carbocycles. The Bertz CT molecular complexity index is 552. The predicted molar refractivity (Wildman–Crippen MR) is 74.8 cm³/mol. The number of hydrogen-bond donors (Lipinski definition) is 0. The summed E-state index contributed by atoms with van der Waals surface area (Å²) in [5, 5.41) is 0. The maximum absolute atomic E-state index is 11.8. The summed E-state index contributed by atoms with van der Waals surface area (Å²) < 4.78 is 33.5. The van der Waals surface area contributed by atoms with Crippen molar-refractivity contribution in [1.29, 1.82) is 0 Å². The molecule has 0 aromatic heterocycles. The van der Waals surface area contributed by atoms with Crippen molar-refractivity contribution in [3.05, 3.63) is 29.8 Å². The third-order valence-electron chi connectivity index (χ3n) is 2.27. The van der Waals surface area contributed by atoms with E-state index in [4.69, 9.17) is 8.92 Å². The highest BCUT2D eigenvalue weighted by molar-refractivity contribution is 7.86. The molecule has 6 heteroatoms. The van der Waals surface area contributed by atoms with Gasteiger partial charge in [0.2, 0.25) is 0 Å². The molecule has 0 radical (unpaired) electrons. The Kier molecular flexibility index (Phi) is 5.30. The molecule has 0 fully saturated rings. The lowest BCUT2D eigenvalue weighted by atomic mass is 10.2. The second-order valence-electron chi connectivity index (χ2n) is 5.43. The van der Waals surface area contributed by atoms with Gasteiger partial charge in [-0.3, -0.25) is 8.98 Å². The molecule has 0 amide bonds. The summed E-state index contributed by atoms with van der Waals surface area (Å²) in [4.78, 5) is 11.5. The number of carbonyl (C=O) groups excluding carboxylic acids is 1. The SMILES string of the molecule is Cc1ccc(S(=O)(=O)OCCC(=O)OC(C)(C)C)cc1. The second kappa shape index (κ2) is 6.37. The van der Waals surface area contributed by atoms with Crippen LogP contribution in [0.1, 0.15) is 32.8 Å². The van der Waals surface area contributed by atoms with Crippen molar-refractivity contribution in [3.8, 4) is 0 Å². The van der Waals surface area contributed by atoms with E-state index in [1.165, 1.54) is 12.1 Å². The smallest absolute Gasteiger partial charge is 0.308 e. The van der Waals surface area contributed by atoms with Gasteiger partial charge in [0, 0.05) is 0 Å². The number of aryl methyl sites for hydroxylation is 1. The Morgan fingerprint density at radius 2 is 1.70 bits per heavy atom. The lowest BCUT2D eigenvalue weighted by Gasteiger charge is -2.19. The summed E-state index contributed by atoms with van der Waals surface area (Å²) in [7, 11) is -3.82. The molecule has 1 aromatic carbocycles. The van der Waals surface area contributed by atoms with Crippen LogP contribution in [0.15, 0.2) is 29.2 Å². The Morgan fingerprint density at radius 3 is 2.20 bits per heavy atom. The zero-order valence-corrected chi connectivity index (χ0v) is 13.0. The minimum atomic E-state index is -3.82. The lowest BCUT2D eigenvalue weighted by molar-refractivity contribution is -0.155. The quantitative estimate of drug-likeness (QED) is 0.617. The molecular weight excluding hydrogens is 280 g/mol. The Balaban J connectivity index is 2.53. The van der Waals surface area contributed by atoms with Gasteiger partial charge in [0.1, 0.15) is 5.60 Å². The first-order chi connectivity index (χ1) is 9.10. The van der Waals surface area contributed by atoms with E-state index < -0.39 is 21.7 Å². The van der Waals surface area contributed by atoms with Crippen molar-refractivity contribution < 1.29 is 22.1 Å². The van der Waals surface area contributed by atoms with E-state index in [0.29, 0.717) is 0 Å². The van der Waals surface area contributed by atoms with Crippen LogP contribution in [0.3, 0.4) is 0 Å². The van der Waals surface area contributed by atoms with Gasteiger partial charge in [-0.2, -0.15) is 8.42 Å². The lowest BCUT2D eigenvalue weighted by Crippen LogP contribution is -2.24. The summed E-state index contributed by atoms with van der Waals surface area (Å²) >= 11 is 0. The highest BCUT2D eigenvalue weighted by Gasteiger charge is 2.19. The summed E-state index contributed by atoms with van der Waals surface area (Å²) in [6.45, 7) is 6.86. The van der Waals surface area contributed by atoms with Crippen LogP contribution in [-0.2, 0) is 23.8 Å². The van der Waals surface area contributed by atoms with Crippen LogP contribution in [0, 0.1) is 6.92 Å². The molecule has 1 rings (SSSR count). The number of hydrogen-bond acceptors (Lipinski definition) is 5. The Labute approximate surface area is 120 Å². The van der Waals surface area contributed by atoms with Crippen LogP contribution in [0.2, 0.25) is 0 Å². The molecule has 1 aromatic rings. The average molecular weight is 300 g/mol. The number of carbonyl (C=O) groups is 1. The van der Waals surface area contributed by atoms with E-state index >= 15 is 0 Å². The number of ether oxygens (including phenoxy) is 1. The van der Waals surface area contributed by atoms with Gasteiger partial charge in [0.15, 0.2) is 0 Å². The van der Waals surface area contributed by atoms with E-state index in [1.54, 1.807) is 32.9 Å². The molecule has 0 N–H and O–H groups in total. The van der Waals surface area contributed by atoms with Crippen LogP contribution in [0.25, 0.3) is 0 Å². The number of benzene rings is 1. The number of rotatable bonds is 5. The molecule has 20 heavy (non-hydrogen) atoms. The van der Waals surface area contributed by atoms with Crippen molar-refractivity contribution in [2.75, 3.05) is 6.61 Å². The van der Waals surface area contributed by atoms with Gasteiger partial charge in [-0.05, 0) is 39.8 Å². The third kappa shape index (κ3) is 5.71. The van der Waals surface area contributed by atoms with Crippen LogP contribution >= 0.6 is 0 Å². The largest absolute Gasteiger partial charge is 0.460 e. The first kappa shape index (κ1) is 16.7. The fourth-order valence-electron chi connectivity index (χ4n) is 1.40. The highest BCUT2D eigenvalue weighted by atomic mass is 32.2. The minimum absolute atomic E-state index is 0.0762. The van der Waals surface area contributed by atoms with Crippen molar-refractivity contribution >= 4 is 16.1 Å². The monoisotopic (exact) mass is 300 g/mol. The van der Waals surface area contributed by atoms with E-state index in [2.05, 4.69) is 0 Å². The minimum Gasteiger partial charge on any atom is -0.460 e. The molecular formula is C14H20O5S. The van der Waals surface area contributed by atoms with Crippen LogP contribution in [0.4, 0.5) is 0 Å². The van der Waals surface area contributed by atoms with Gasteiger partial charge in [-0.25, -0.2) is 0 Å². The molecule has 0 aliphatic rings. The molecule has 5 nitrogen and oxygen atoms in total. The fourth-order valence-corrected chi connectivity index (χ4v) is 2.31. The van der Waals surface area contributed by atoms with Crippen molar-refractivity contribution in [3.63, 3.8) is 0 Å². The third-order valence-corrected chi connectivity index (χ3v) is 3.60. The average Bonchev–Trinajstić information content (AvgIpc) is 2.26. The van der Waals surface area contributed by atoms with Gasteiger partial charge in [-0.1, -0.05) is 17.7 Å². The first-order valence-corrected chi connectivity index (χ1v) is 7.69. The standard InChI is InChI=1S/C14H20O5S/c1-11-5-7-12(8-6-11)20(16,17)18-10-9-13(15)19-14(2,3)4/h5-8H,9-10H2,1-4H3. The molecule has 0 atom stereocenters. The van der Waals surface area contributed by atoms with E-state index in [-0.39, 0.29) is 17.9 Å². The summed E-state index contributed by atoms with van der Waals surface area (Å²) in [5.74, 6) is -0.489. The van der Waals surface area contributed by atoms with Crippen LogP contribution < -0.4 is 0 Å². The van der Waals surface area contributed by atoms with E-state index in [1.807, 2.05) is 6.92 Å². The summed E-state index contributed by atoms with van der Waals surface area (Å²) in [5.41, 5.74) is 0.366. The molecule has 0 aliphatic heterocycles. The van der Waals surface area contributed by atoms with E-state index in [0.717, 1.165) is 5.56 Å². The Morgan fingerprint density at radius 1 is 1.15 bits per heavy atom. The fraction of sp³-hybridized carbons (Fsp3) is 0.500. The molecule has 0 saturated heterocycles. The van der Waals surface area contributed by atoms with Gasteiger partial charge in [0.05, 0.1) is 17.9 Å². The van der Waals surface area contributed by atoms with Gasteiger partial charge < -0.3 is 4.74 Å². The molecule has 0 heterocycles. The normalized spacial score (nSPS) is 12.2.